The Balaban J connectivity index is 1.69. The zero-order valence-corrected chi connectivity index (χ0v) is 17.0. The molecule has 148 valence electrons. The summed E-state index contributed by atoms with van der Waals surface area (Å²) < 4.78 is 7.59. The Bertz CT molecular complexity index is 710. The van der Waals surface area contributed by atoms with Gasteiger partial charge < -0.3 is 14.6 Å². The maximum Gasteiger partial charge on any atom is 0.230 e. The fourth-order valence-corrected chi connectivity index (χ4v) is 4.11. The molecule has 1 N–H and O–H groups in total. The van der Waals surface area contributed by atoms with Crippen LogP contribution in [-0.2, 0) is 11.3 Å². The maximum absolute atomic E-state index is 12.2. The fraction of sp³-hybridized carbons (Fsp3) is 0.632. The number of carbonyl (C=O) groups excluding carboxylic acids is 1. The molecular formula is C19H29N5O2S. The van der Waals surface area contributed by atoms with Gasteiger partial charge in [0.2, 0.25) is 11.9 Å². The predicted octanol–water partition coefficient (Wildman–Crippen LogP) is 3.31. The van der Waals surface area contributed by atoms with Gasteiger partial charge in [-0.2, -0.15) is 0 Å². The number of aromatic nitrogens is 3. The monoisotopic (exact) mass is 391 g/mol. The van der Waals surface area contributed by atoms with Crippen LogP contribution in [-0.4, -0.2) is 45.6 Å². The van der Waals surface area contributed by atoms with E-state index >= 15 is 0 Å². The number of furan rings is 1. The van der Waals surface area contributed by atoms with Crippen LogP contribution >= 0.6 is 11.8 Å². The second-order valence-electron chi connectivity index (χ2n) is 7.04. The third kappa shape index (κ3) is 5.51. The number of nitrogens with one attached hydrogen (secondary N) is 1. The van der Waals surface area contributed by atoms with Crippen molar-refractivity contribution in [2.45, 2.75) is 63.7 Å². The lowest BCUT2D eigenvalue weighted by Gasteiger charge is -2.27. The quantitative estimate of drug-likeness (QED) is 0.661. The highest BCUT2D eigenvalue weighted by atomic mass is 32.2. The van der Waals surface area contributed by atoms with E-state index in [4.69, 9.17) is 4.42 Å². The van der Waals surface area contributed by atoms with Gasteiger partial charge in [0.05, 0.1) is 18.6 Å². The van der Waals surface area contributed by atoms with Gasteiger partial charge in [0.15, 0.2) is 5.16 Å². The van der Waals surface area contributed by atoms with Crippen molar-refractivity contribution in [2.75, 3.05) is 23.7 Å². The van der Waals surface area contributed by atoms with E-state index in [1.807, 2.05) is 19.1 Å². The highest BCUT2D eigenvalue weighted by molar-refractivity contribution is 7.99. The van der Waals surface area contributed by atoms with Crippen LogP contribution in [0, 0.1) is 0 Å². The van der Waals surface area contributed by atoms with Gasteiger partial charge in [-0.15, -0.1) is 10.2 Å². The second-order valence-corrected chi connectivity index (χ2v) is 7.98. The van der Waals surface area contributed by atoms with Crippen molar-refractivity contribution in [3.8, 4) is 0 Å². The number of rotatable bonds is 9. The van der Waals surface area contributed by atoms with E-state index in [0.29, 0.717) is 12.3 Å². The van der Waals surface area contributed by atoms with E-state index in [2.05, 4.69) is 31.9 Å². The van der Waals surface area contributed by atoms with E-state index in [9.17, 15) is 4.79 Å². The minimum atomic E-state index is 0.0352. The Morgan fingerprint density at radius 1 is 1.33 bits per heavy atom. The molecule has 0 saturated carbocycles. The van der Waals surface area contributed by atoms with Crippen LogP contribution in [0.5, 0.6) is 0 Å². The number of carbonyl (C=O) groups is 1. The molecule has 0 bridgehead atoms. The summed E-state index contributed by atoms with van der Waals surface area (Å²) in [5, 5.41) is 12.6. The molecule has 2 aromatic heterocycles. The first-order valence-electron chi connectivity index (χ1n) is 9.80. The molecule has 1 aliphatic heterocycles. The van der Waals surface area contributed by atoms with Crippen molar-refractivity contribution in [2.24, 2.45) is 0 Å². The van der Waals surface area contributed by atoms with Crippen molar-refractivity contribution >= 4 is 23.6 Å². The molecule has 1 aliphatic rings. The van der Waals surface area contributed by atoms with Crippen LogP contribution in [0.1, 0.15) is 51.7 Å². The van der Waals surface area contributed by atoms with Gasteiger partial charge in [-0.3, -0.25) is 9.36 Å². The lowest BCUT2D eigenvalue weighted by Crippen LogP contribution is -2.33. The molecule has 1 unspecified atom stereocenters. The Morgan fingerprint density at radius 2 is 2.15 bits per heavy atom. The molecule has 2 aromatic rings. The summed E-state index contributed by atoms with van der Waals surface area (Å²) in [4.78, 5) is 14.5. The molecule has 27 heavy (non-hydrogen) atoms. The lowest BCUT2D eigenvalue weighted by atomic mass is 10.1. The van der Waals surface area contributed by atoms with Gasteiger partial charge in [-0.25, -0.2) is 0 Å². The van der Waals surface area contributed by atoms with Gasteiger partial charge in [0.1, 0.15) is 5.76 Å². The Kier molecular flexibility index (Phi) is 7.20. The Labute approximate surface area is 164 Å². The summed E-state index contributed by atoms with van der Waals surface area (Å²) in [6, 6.07) is 4.04. The first-order chi connectivity index (χ1) is 13.2. The normalized spacial score (nSPS) is 15.7. The highest BCUT2D eigenvalue weighted by Crippen LogP contribution is 2.25. The average Bonchev–Trinajstić information content (AvgIpc) is 3.31. The number of hydrogen-bond acceptors (Lipinski definition) is 6. The van der Waals surface area contributed by atoms with Gasteiger partial charge in [-0.05, 0) is 44.7 Å². The first kappa shape index (κ1) is 19.8. The van der Waals surface area contributed by atoms with Crippen LogP contribution in [0.15, 0.2) is 28.0 Å². The number of hydrogen-bond donors (Lipinski definition) is 1. The van der Waals surface area contributed by atoms with Crippen molar-refractivity contribution in [3.05, 3.63) is 24.2 Å². The average molecular weight is 392 g/mol. The van der Waals surface area contributed by atoms with Crippen LogP contribution in [0.25, 0.3) is 0 Å². The Hall–Kier alpha value is -1.96. The van der Waals surface area contributed by atoms with Crippen LogP contribution in [0.2, 0.25) is 0 Å². The third-order valence-corrected chi connectivity index (χ3v) is 5.66. The molecule has 1 amide bonds. The molecule has 1 fully saturated rings. The Morgan fingerprint density at radius 3 is 2.85 bits per heavy atom. The van der Waals surface area contributed by atoms with Crippen molar-refractivity contribution < 1.29 is 9.21 Å². The van der Waals surface area contributed by atoms with Gasteiger partial charge in [-0.1, -0.05) is 25.1 Å². The molecule has 8 heteroatoms. The van der Waals surface area contributed by atoms with Crippen molar-refractivity contribution in [1.29, 1.82) is 0 Å². The standard InChI is InChI=1S/C19H29N5O2S/c1-3-8-15(2)20-17(25)14-27-19-22-21-18(23-10-5-4-6-11-23)24(19)13-16-9-7-12-26-16/h7,9,12,15H,3-6,8,10-11,13-14H2,1-2H3,(H,20,25). The summed E-state index contributed by atoms with van der Waals surface area (Å²) in [6.45, 7) is 6.73. The van der Waals surface area contributed by atoms with E-state index in [1.54, 1.807) is 6.26 Å². The summed E-state index contributed by atoms with van der Waals surface area (Å²) in [5.74, 6) is 2.10. The maximum atomic E-state index is 12.2. The highest BCUT2D eigenvalue weighted by Gasteiger charge is 2.21. The largest absolute Gasteiger partial charge is 0.467 e. The molecule has 1 saturated heterocycles. The van der Waals surface area contributed by atoms with Crippen LogP contribution in [0.4, 0.5) is 5.95 Å². The van der Waals surface area contributed by atoms with Gasteiger partial charge >= 0.3 is 0 Å². The number of nitrogens with zero attached hydrogens (tertiary/aromatic N) is 4. The number of piperidine rings is 1. The van der Waals surface area contributed by atoms with E-state index in [1.165, 1.54) is 31.0 Å². The molecule has 0 spiro atoms. The zero-order chi connectivity index (χ0) is 19.1. The minimum Gasteiger partial charge on any atom is -0.467 e. The fourth-order valence-electron chi connectivity index (χ4n) is 3.36. The van der Waals surface area contributed by atoms with Gasteiger partial charge in [0.25, 0.3) is 0 Å². The van der Waals surface area contributed by atoms with Crippen molar-refractivity contribution in [3.63, 3.8) is 0 Å². The van der Waals surface area contributed by atoms with E-state index in [0.717, 1.165) is 42.8 Å². The first-order valence-corrected chi connectivity index (χ1v) is 10.8. The molecule has 7 nitrogen and oxygen atoms in total. The van der Waals surface area contributed by atoms with Crippen LogP contribution in [0.3, 0.4) is 0 Å². The number of amides is 1. The summed E-state index contributed by atoms with van der Waals surface area (Å²) in [5.41, 5.74) is 0. The van der Waals surface area contributed by atoms with Gasteiger partial charge in [0, 0.05) is 19.1 Å². The lowest BCUT2D eigenvalue weighted by molar-refractivity contribution is -0.119. The SMILES string of the molecule is CCCC(C)NC(=O)CSc1nnc(N2CCCCC2)n1Cc1ccco1. The topological polar surface area (TPSA) is 76.2 Å². The molecule has 0 radical (unpaired) electrons. The number of thioether (sulfide) groups is 1. The molecule has 1 atom stereocenters. The third-order valence-electron chi connectivity index (χ3n) is 4.69. The molecule has 0 aromatic carbocycles. The second kappa shape index (κ2) is 9.82. The minimum absolute atomic E-state index is 0.0352. The number of anilines is 1. The zero-order valence-electron chi connectivity index (χ0n) is 16.2. The molecule has 0 aliphatic carbocycles. The van der Waals surface area contributed by atoms with Crippen molar-refractivity contribution in [1.82, 2.24) is 20.1 Å². The molecule has 3 rings (SSSR count). The molecular weight excluding hydrogens is 362 g/mol. The molecule has 3 heterocycles. The smallest absolute Gasteiger partial charge is 0.230 e. The summed E-state index contributed by atoms with van der Waals surface area (Å²) >= 11 is 1.43. The van der Waals surface area contributed by atoms with E-state index in [-0.39, 0.29) is 11.9 Å². The van der Waals surface area contributed by atoms with E-state index < -0.39 is 0 Å². The summed E-state index contributed by atoms with van der Waals surface area (Å²) in [6.07, 6.45) is 7.34. The summed E-state index contributed by atoms with van der Waals surface area (Å²) in [7, 11) is 0. The van der Waals surface area contributed by atoms with Crippen LogP contribution < -0.4 is 10.2 Å². The predicted molar refractivity (Wildman–Crippen MR) is 107 cm³/mol.